The number of nitrogens with one attached hydrogen (secondary N) is 2. The Bertz CT molecular complexity index is 406. The van der Waals surface area contributed by atoms with E-state index in [0.717, 1.165) is 0 Å². The van der Waals surface area contributed by atoms with Gasteiger partial charge in [-0.3, -0.25) is 4.79 Å². The molecule has 0 aromatic heterocycles. The second-order valence-corrected chi connectivity index (χ2v) is 6.63. The molecule has 1 rings (SSSR count). The molecule has 7 nitrogen and oxygen atoms in total. The van der Waals surface area contributed by atoms with Crippen molar-refractivity contribution in [2.24, 2.45) is 5.92 Å². The molecule has 1 heterocycles. The number of urea groups is 1. The van der Waals surface area contributed by atoms with E-state index in [9.17, 15) is 18.0 Å². The number of carboxylic acid groups (broad SMARTS) is 1. The monoisotopic (exact) mass is 278 g/mol. The normalized spacial score (nSPS) is 21.4. The Kier molecular flexibility index (Phi) is 5.39. The molecule has 0 aliphatic carbocycles. The van der Waals surface area contributed by atoms with Crippen molar-refractivity contribution in [1.82, 2.24) is 10.6 Å². The van der Waals surface area contributed by atoms with Gasteiger partial charge in [-0.15, -0.1) is 0 Å². The van der Waals surface area contributed by atoms with E-state index < -0.39 is 15.8 Å². The first-order valence-electron chi connectivity index (χ1n) is 5.83. The van der Waals surface area contributed by atoms with Gasteiger partial charge in [0.1, 0.15) is 0 Å². The number of aliphatic carboxylic acids is 1. The molecule has 1 fully saturated rings. The van der Waals surface area contributed by atoms with Crippen molar-refractivity contribution in [2.45, 2.75) is 19.3 Å². The molecular formula is C10H18N2O5S. The van der Waals surface area contributed by atoms with Crippen molar-refractivity contribution in [2.75, 3.05) is 24.6 Å². The van der Waals surface area contributed by atoms with Crippen molar-refractivity contribution < 1.29 is 23.1 Å². The maximum absolute atomic E-state index is 11.3. The van der Waals surface area contributed by atoms with Crippen LogP contribution in [-0.2, 0) is 14.6 Å². The van der Waals surface area contributed by atoms with Crippen molar-refractivity contribution in [3.8, 4) is 0 Å². The molecule has 0 bridgehead atoms. The summed E-state index contributed by atoms with van der Waals surface area (Å²) in [6.45, 7) is 0.630. The smallest absolute Gasteiger partial charge is 0.314 e. The number of carbonyl (C=O) groups is 2. The first-order valence-corrected chi connectivity index (χ1v) is 7.65. The molecular weight excluding hydrogens is 260 g/mol. The number of hydrogen-bond donors (Lipinski definition) is 3. The van der Waals surface area contributed by atoms with E-state index in [4.69, 9.17) is 5.11 Å². The highest BCUT2D eigenvalue weighted by Gasteiger charge is 2.27. The lowest BCUT2D eigenvalue weighted by atomic mass is 10.1. The predicted octanol–water partition coefficient (Wildman–Crippen LogP) is -0.415. The molecule has 0 aromatic carbocycles. The summed E-state index contributed by atoms with van der Waals surface area (Å²) < 4.78 is 22.4. The highest BCUT2D eigenvalue weighted by molar-refractivity contribution is 7.91. The lowest BCUT2D eigenvalue weighted by Gasteiger charge is -2.10. The third-order valence-corrected chi connectivity index (χ3v) is 4.57. The van der Waals surface area contributed by atoms with Crippen molar-refractivity contribution >= 4 is 21.8 Å². The number of amides is 2. The van der Waals surface area contributed by atoms with E-state index in [-0.39, 0.29) is 29.9 Å². The molecule has 0 saturated carbocycles. The number of hydrogen-bond acceptors (Lipinski definition) is 4. The van der Waals surface area contributed by atoms with E-state index in [0.29, 0.717) is 25.9 Å². The van der Waals surface area contributed by atoms with Gasteiger partial charge in [0.25, 0.3) is 0 Å². The maximum atomic E-state index is 11.3. The highest BCUT2D eigenvalue weighted by atomic mass is 32.2. The molecule has 2 amide bonds. The fraction of sp³-hybridized carbons (Fsp3) is 0.800. The van der Waals surface area contributed by atoms with Gasteiger partial charge in [0.2, 0.25) is 0 Å². The second kappa shape index (κ2) is 6.58. The molecule has 0 aromatic rings. The van der Waals surface area contributed by atoms with E-state index in [1.54, 1.807) is 0 Å². The first-order chi connectivity index (χ1) is 8.39. The predicted molar refractivity (Wildman–Crippen MR) is 65.0 cm³/mol. The zero-order valence-electron chi connectivity index (χ0n) is 10.0. The first kappa shape index (κ1) is 14.7. The van der Waals surface area contributed by atoms with Crippen LogP contribution in [0.3, 0.4) is 0 Å². The van der Waals surface area contributed by atoms with Gasteiger partial charge < -0.3 is 15.7 Å². The Morgan fingerprint density at radius 3 is 2.56 bits per heavy atom. The van der Waals surface area contributed by atoms with Gasteiger partial charge in [-0.1, -0.05) is 0 Å². The zero-order valence-corrected chi connectivity index (χ0v) is 10.8. The summed E-state index contributed by atoms with van der Waals surface area (Å²) in [5.41, 5.74) is 0. The minimum Gasteiger partial charge on any atom is -0.481 e. The van der Waals surface area contributed by atoms with Gasteiger partial charge >= 0.3 is 12.0 Å². The molecule has 1 saturated heterocycles. The number of carboxylic acids is 1. The van der Waals surface area contributed by atoms with Crippen LogP contribution in [0.5, 0.6) is 0 Å². The van der Waals surface area contributed by atoms with Gasteiger partial charge in [0, 0.05) is 19.5 Å². The Balaban J connectivity index is 2.09. The van der Waals surface area contributed by atoms with Crippen molar-refractivity contribution in [3.63, 3.8) is 0 Å². The van der Waals surface area contributed by atoms with E-state index in [1.165, 1.54) is 0 Å². The van der Waals surface area contributed by atoms with E-state index in [2.05, 4.69) is 10.6 Å². The molecule has 18 heavy (non-hydrogen) atoms. The van der Waals surface area contributed by atoms with Crippen LogP contribution in [0.2, 0.25) is 0 Å². The maximum Gasteiger partial charge on any atom is 0.314 e. The molecule has 1 aliphatic heterocycles. The molecule has 3 N–H and O–H groups in total. The van der Waals surface area contributed by atoms with Gasteiger partial charge in [-0.25, -0.2) is 13.2 Å². The summed E-state index contributed by atoms with van der Waals surface area (Å²) in [7, 11) is -2.91. The molecule has 104 valence electrons. The molecule has 0 radical (unpaired) electrons. The number of rotatable bonds is 6. The zero-order chi connectivity index (χ0) is 13.6. The minimum atomic E-state index is -2.91. The van der Waals surface area contributed by atoms with Gasteiger partial charge in [-0.2, -0.15) is 0 Å². The van der Waals surface area contributed by atoms with Crippen molar-refractivity contribution in [3.05, 3.63) is 0 Å². The third kappa shape index (κ3) is 5.85. The lowest BCUT2D eigenvalue weighted by Crippen LogP contribution is -2.39. The largest absolute Gasteiger partial charge is 0.481 e. The Morgan fingerprint density at radius 2 is 2.00 bits per heavy atom. The minimum absolute atomic E-state index is 0.0141. The average molecular weight is 278 g/mol. The summed E-state index contributed by atoms with van der Waals surface area (Å²) in [6, 6.07) is -0.385. The summed E-state index contributed by atoms with van der Waals surface area (Å²) in [4.78, 5) is 21.5. The SMILES string of the molecule is O=C(O)CCCNC(=O)NCC1CCS(=O)(=O)C1. The van der Waals surface area contributed by atoms with Crippen LogP contribution in [0.15, 0.2) is 0 Å². The molecule has 1 unspecified atom stereocenters. The van der Waals surface area contributed by atoms with Crippen LogP contribution in [0.1, 0.15) is 19.3 Å². The van der Waals surface area contributed by atoms with E-state index in [1.807, 2.05) is 0 Å². The fourth-order valence-corrected chi connectivity index (χ4v) is 3.64. The lowest BCUT2D eigenvalue weighted by molar-refractivity contribution is -0.137. The van der Waals surface area contributed by atoms with Gasteiger partial charge in [-0.05, 0) is 18.8 Å². The molecule has 8 heteroatoms. The van der Waals surface area contributed by atoms with Crippen LogP contribution < -0.4 is 10.6 Å². The average Bonchev–Trinajstić information content (AvgIpc) is 2.61. The standard InChI is InChI=1S/C10H18N2O5S/c13-9(14)2-1-4-11-10(15)12-6-8-3-5-18(16,17)7-8/h8H,1-7H2,(H,13,14)(H2,11,12,15). The Morgan fingerprint density at radius 1 is 1.28 bits per heavy atom. The highest BCUT2D eigenvalue weighted by Crippen LogP contribution is 2.17. The number of sulfone groups is 1. The van der Waals surface area contributed by atoms with Gasteiger partial charge in [0.05, 0.1) is 11.5 Å². The summed E-state index contributed by atoms with van der Waals surface area (Å²) in [5.74, 6) is -0.584. The summed E-state index contributed by atoms with van der Waals surface area (Å²) >= 11 is 0. The second-order valence-electron chi connectivity index (χ2n) is 4.40. The molecule has 1 atom stereocenters. The summed E-state index contributed by atoms with van der Waals surface area (Å²) in [6.07, 6.45) is 0.976. The quantitative estimate of drug-likeness (QED) is 0.571. The van der Waals surface area contributed by atoms with Crippen LogP contribution in [-0.4, -0.2) is 50.1 Å². The number of carbonyl (C=O) groups excluding carboxylic acids is 1. The van der Waals surface area contributed by atoms with Crippen LogP contribution in [0, 0.1) is 5.92 Å². The van der Waals surface area contributed by atoms with E-state index >= 15 is 0 Å². The van der Waals surface area contributed by atoms with Crippen molar-refractivity contribution in [1.29, 1.82) is 0 Å². The van der Waals surface area contributed by atoms with Crippen LogP contribution in [0.25, 0.3) is 0 Å². The fourth-order valence-electron chi connectivity index (χ4n) is 1.77. The topological polar surface area (TPSA) is 113 Å². The van der Waals surface area contributed by atoms with Gasteiger partial charge in [0.15, 0.2) is 9.84 Å². The Labute approximate surface area is 106 Å². The molecule has 1 aliphatic rings. The molecule has 0 spiro atoms. The third-order valence-electron chi connectivity index (χ3n) is 2.73. The summed E-state index contributed by atoms with van der Waals surface area (Å²) in [5, 5.41) is 13.5. The van der Waals surface area contributed by atoms with Crippen LogP contribution in [0.4, 0.5) is 4.79 Å². The Hall–Kier alpha value is -1.31. The van der Waals surface area contributed by atoms with Crippen LogP contribution >= 0.6 is 0 Å².